The molecule has 1 rings (SSSR count). The molecule has 3 amide bonds. The van der Waals surface area contributed by atoms with Crippen molar-refractivity contribution in [3.8, 4) is 5.75 Å². The number of urea groups is 1. The zero-order valence-electron chi connectivity index (χ0n) is 11.8. The largest absolute Gasteiger partial charge is 0.497 e. The number of nitrogens with one attached hydrogen (secondary N) is 2. The molecule has 0 aliphatic carbocycles. The third kappa shape index (κ3) is 5.39. The standard InChI is InChI=1S/C13H17N3O5/c1-16(9-3-5-10(21-2)6-4-9)13(20)15-7-11(17)14-8-12(18)19/h3-6H,7-8H2,1-2H3,(H,14,17)(H,15,20)(H,18,19). The molecule has 1 aromatic carbocycles. The molecule has 0 aromatic heterocycles. The highest BCUT2D eigenvalue weighted by molar-refractivity contribution is 5.94. The summed E-state index contributed by atoms with van der Waals surface area (Å²) in [5.41, 5.74) is 0.624. The Kier molecular flexibility index (Phi) is 5.99. The van der Waals surface area contributed by atoms with Crippen molar-refractivity contribution in [2.24, 2.45) is 0 Å². The minimum Gasteiger partial charge on any atom is -0.497 e. The van der Waals surface area contributed by atoms with Crippen molar-refractivity contribution in [1.82, 2.24) is 10.6 Å². The number of aliphatic carboxylic acids is 1. The predicted molar refractivity (Wildman–Crippen MR) is 75.4 cm³/mol. The molecular weight excluding hydrogens is 278 g/mol. The summed E-state index contributed by atoms with van der Waals surface area (Å²) in [6.07, 6.45) is 0. The van der Waals surface area contributed by atoms with E-state index in [1.54, 1.807) is 38.4 Å². The van der Waals surface area contributed by atoms with E-state index < -0.39 is 24.5 Å². The van der Waals surface area contributed by atoms with Gasteiger partial charge in [-0.25, -0.2) is 4.79 Å². The molecule has 0 unspecified atom stereocenters. The molecule has 0 fully saturated rings. The Balaban J connectivity index is 2.46. The van der Waals surface area contributed by atoms with E-state index in [0.29, 0.717) is 11.4 Å². The second-order valence-corrected chi connectivity index (χ2v) is 4.09. The van der Waals surface area contributed by atoms with Crippen LogP contribution in [0.4, 0.5) is 10.5 Å². The molecule has 0 aliphatic heterocycles. The van der Waals surface area contributed by atoms with Crippen LogP contribution in [-0.2, 0) is 9.59 Å². The number of ether oxygens (including phenoxy) is 1. The number of hydrogen-bond donors (Lipinski definition) is 3. The first-order valence-corrected chi connectivity index (χ1v) is 6.08. The minimum atomic E-state index is -1.15. The molecule has 0 saturated heterocycles. The molecule has 0 saturated carbocycles. The molecule has 0 spiro atoms. The summed E-state index contributed by atoms with van der Waals surface area (Å²) in [6, 6.07) is 6.33. The van der Waals surface area contributed by atoms with Gasteiger partial charge >= 0.3 is 12.0 Å². The Labute approximate surface area is 121 Å². The highest BCUT2D eigenvalue weighted by Gasteiger charge is 2.12. The molecule has 0 aliphatic rings. The Morgan fingerprint density at radius 1 is 1.14 bits per heavy atom. The van der Waals surface area contributed by atoms with E-state index in [9.17, 15) is 14.4 Å². The molecule has 21 heavy (non-hydrogen) atoms. The van der Waals surface area contributed by atoms with Crippen LogP contribution >= 0.6 is 0 Å². The van der Waals surface area contributed by atoms with Gasteiger partial charge < -0.3 is 20.5 Å². The molecule has 1 aromatic rings. The Morgan fingerprint density at radius 3 is 2.29 bits per heavy atom. The highest BCUT2D eigenvalue weighted by Crippen LogP contribution is 2.17. The van der Waals surface area contributed by atoms with E-state index >= 15 is 0 Å². The lowest BCUT2D eigenvalue weighted by atomic mass is 10.3. The lowest BCUT2D eigenvalue weighted by molar-refractivity contribution is -0.137. The van der Waals surface area contributed by atoms with Crippen molar-refractivity contribution in [2.45, 2.75) is 0 Å². The quantitative estimate of drug-likeness (QED) is 0.687. The van der Waals surface area contributed by atoms with Crippen LogP contribution in [0.25, 0.3) is 0 Å². The van der Waals surface area contributed by atoms with Crippen LogP contribution in [0.15, 0.2) is 24.3 Å². The van der Waals surface area contributed by atoms with E-state index in [4.69, 9.17) is 9.84 Å². The van der Waals surface area contributed by atoms with Crippen molar-refractivity contribution in [2.75, 3.05) is 32.1 Å². The molecule has 0 radical (unpaired) electrons. The zero-order chi connectivity index (χ0) is 15.8. The number of carbonyl (C=O) groups excluding carboxylic acids is 2. The fraction of sp³-hybridized carbons (Fsp3) is 0.308. The number of amides is 3. The summed E-state index contributed by atoms with van der Waals surface area (Å²) in [5, 5.41) is 12.9. The molecule has 3 N–H and O–H groups in total. The average molecular weight is 295 g/mol. The number of benzene rings is 1. The van der Waals surface area contributed by atoms with Crippen LogP contribution in [0.1, 0.15) is 0 Å². The number of carboxylic acid groups (broad SMARTS) is 1. The zero-order valence-corrected chi connectivity index (χ0v) is 11.8. The molecule has 0 atom stereocenters. The van der Waals surface area contributed by atoms with Gasteiger partial charge in [0.1, 0.15) is 12.3 Å². The van der Waals surface area contributed by atoms with Crippen LogP contribution in [0.5, 0.6) is 5.75 Å². The second-order valence-electron chi connectivity index (χ2n) is 4.09. The van der Waals surface area contributed by atoms with Crippen molar-refractivity contribution in [1.29, 1.82) is 0 Å². The number of anilines is 1. The lowest BCUT2D eigenvalue weighted by Crippen LogP contribution is -2.43. The lowest BCUT2D eigenvalue weighted by Gasteiger charge is -2.18. The van der Waals surface area contributed by atoms with Gasteiger partial charge in [0, 0.05) is 12.7 Å². The van der Waals surface area contributed by atoms with E-state index in [1.165, 1.54) is 4.90 Å². The third-order valence-electron chi connectivity index (χ3n) is 2.60. The summed E-state index contributed by atoms with van der Waals surface area (Å²) < 4.78 is 5.01. The SMILES string of the molecule is COc1ccc(N(C)C(=O)NCC(=O)NCC(=O)O)cc1. The van der Waals surface area contributed by atoms with Gasteiger partial charge in [-0.1, -0.05) is 0 Å². The second kappa shape index (κ2) is 7.73. The molecule has 8 heteroatoms. The van der Waals surface area contributed by atoms with E-state index in [2.05, 4.69) is 10.6 Å². The van der Waals surface area contributed by atoms with Crippen molar-refractivity contribution >= 4 is 23.6 Å². The van der Waals surface area contributed by atoms with Crippen molar-refractivity contribution in [3.63, 3.8) is 0 Å². The van der Waals surface area contributed by atoms with Gasteiger partial charge in [0.05, 0.1) is 13.7 Å². The Hall–Kier alpha value is -2.77. The minimum absolute atomic E-state index is 0.299. The topological polar surface area (TPSA) is 108 Å². The number of hydrogen-bond acceptors (Lipinski definition) is 4. The van der Waals surface area contributed by atoms with E-state index in [0.717, 1.165) is 0 Å². The number of carboxylic acids is 1. The first-order chi connectivity index (χ1) is 9.93. The summed E-state index contributed by atoms with van der Waals surface area (Å²) in [6.45, 7) is -0.782. The maximum absolute atomic E-state index is 11.8. The normalized spacial score (nSPS) is 9.62. The van der Waals surface area contributed by atoms with E-state index in [1.807, 2.05) is 0 Å². The van der Waals surface area contributed by atoms with Gasteiger partial charge in [0.25, 0.3) is 0 Å². The molecule has 0 heterocycles. The van der Waals surface area contributed by atoms with Gasteiger partial charge in [-0.3, -0.25) is 14.5 Å². The summed E-state index contributed by atoms with van der Waals surface area (Å²) >= 11 is 0. The van der Waals surface area contributed by atoms with Gasteiger partial charge in [0.15, 0.2) is 0 Å². The average Bonchev–Trinajstić information content (AvgIpc) is 2.49. The molecule has 114 valence electrons. The highest BCUT2D eigenvalue weighted by atomic mass is 16.5. The number of methoxy groups -OCH3 is 1. The molecule has 8 nitrogen and oxygen atoms in total. The van der Waals surface area contributed by atoms with Gasteiger partial charge in [-0.15, -0.1) is 0 Å². The van der Waals surface area contributed by atoms with Crippen molar-refractivity contribution in [3.05, 3.63) is 24.3 Å². The number of rotatable bonds is 6. The number of carbonyl (C=O) groups is 3. The van der Waals surface area contributed by atoms with Crippen LogP contribution in [0.2, 0.25) is 0 Å². The maximum Gasteiger partial charge on any atom is 0.322 e. The number of nitrogens with zero attached hydrogens (tertiary/aromatic N) is 1. The molecular formula is C13H17N3O5. The summed E-state index contributed by atoms with van der Waals surface area (Å²) in [5.74, 6) is -1.06. The Morgan fingerprint density at radius 2 is 1.76 bits per heavy atom. The van der Waals surface area contributed by atoms with Crippen LogP contribution in [-0.4, -0.2) is 50.3 Å². The summed E-state index contributed by atoms with van der Waals surface area (Å²) in [4.78, 5) is 34.7. The molecule has 0 bridgehead atoms. The van der Waals surface area contributed by atoms with Crippen LogP contribution < -0.4 is 20.3 Å². The van der Waals surface area contributed by atoms with Crippen molar-refractivity contribution < 1.29 is 24.2 Å². The maximum atomic E-state index is 11.8. The smallest absolute Gasteiger partial charge is 0.322 e. The first-order valence-electron chi connectivity index (χ1n) is 6.08. The fourth-order valence-corrected chi connectivity index (χ4v) is 1.43. The monoisotopic (exact) mass is 295 g/mol. The predicted octanol–water partition coefficient (Wildman–Crippen LogP) is 0.0418. The summed E-state index contributed by atoms with van der Waals surface area (Å²) in [7, 11) is 3.09. The third-order valence-corrected chi connectivity index (χ3v) is 2.60. The van der Waals surface area contributed by atoms with Gasteiger partial charge in [0.2, 0.25) is 5.91 Å². The van der Waals surface area contributed by atoms with Gasteiger partial charge in [-0.2, -0.15) is 0 Å². The fourth-order valence-electron chi connectivity index (χ4n) is 1.43. The first kappa shape index (κ1) is 16.3. The van der Waals surface area contributed by atoms with Crippen LogP contribution in [0.3, 0.4) is 0 Å². The van der Waals surface area contributed by atoms with E-state index in [-0.39, 0.29) is 6.54 Å². The van der Waals surface area contributed by atoms with Crippen LogP contribution in [0, 0.1) is 0 Å². The van der Waals surface area contributed by atoms with Gasteiger partial charge in [-0.05, 0) is 24.3 Å². The Bertz CT molecular complexity index is 515.